The zero-order valence-corrected chi connectivity index (χ0v) is 11.2. The molecule has 1 unspecified atom stereocenters. The second kappa shape index (κ2) is 3.47. The molecule has 0 aromatic carbocycles. The lowest BCUT2D eigenvalue weighted by Crippen LogP contribution is -2.26. The summed E-state index contributed by atoms with van der Waals surface area (Å²) in [6.07, 6.45) is 11.5. The summed E-state index contributed by atoms with van der Waals surface area (Å²) < 4.78 is 0. The lowest BCUT2D eigenvalue weighted by atomic mass is 9.71. The molecule has 17 heavy (non-hydrogen) atoms. The summed E-state index contributed by atoms with van der Waals surface area (Å²) in [6, 6.07) is 0. The molecule has 1 nitrogen and oxygen atoms in total. The van der Waals surface area contributed by atoms with Crippen LogP contribution in [-0.2, 0) is 0 Å². The Balaban J connectivity index is 1.86. The molecule has 3 aliphatic carbocycles. The summed E-state index contributed by atoms with van der Waals surface area (Å²) in [7, 11) is 0. The standard InChI is InChI=1S/C16H24O/c1-11-8-12-9-16(6-4-13(17)5-7-16)10-14(12)15(11,2)3/h4,6,8,12-14,17H,5,7,9-10H2,1-3H3/t12-,13?,14+,16-/m0/s1. The molecule has 4 atom stereocenters. The molecule has 0 aliphatic heterocycles. The molecular formula is C16H24O. The third-order valence-electron chi connectivity index (χ3n) is 5.80. The Morgan fingerprint density at radius 2 is 2.06 bits per heavy atom. The topological polar surface area (TPSA) is 20.2 Å². The quantitative estimate of drug-likeness (QED) is 0.631. The molecule has 1 heteroatoms. The van der Waals surface area contributed by atoms with Crippen molar-refractivity contribution in [1.29, 1.82) is 0 Å². The fourth-order valence-electron chi connectivity index (χ4n) is 4.35. The number of aliphatic hydroxyl groups is 1. The molecular weight excluding hydrogens is 208 g/mol. The van der Waals surface area contributed by atoms with E-state index in [4.69, 9.17) is 0 Å². The molecule has 0 aromatic rings. The third-order valence-corrected chi connectivity index (χ3v) is 5.80. The zero-order valence-electron chi connectivity index (χ0n) is 11.2. The minimum absolute atomic E-state index is 0.189. The fourth-order valence-corrected chi connectivity index (χ4v) is 4.35. The van der Waals surface area contributed by atoms with Crippen LogP contribution in [0.2, 0.25) is 0 Å². The van der Waals surface area contributed by atoms with Crippen LogP contribution in [0.3, 0.4) is 0 Å². The van der Waals surface area contributed by atoms with Crippen LogP contribution < -0.4 is 0 Å². The van der Waals surface area contributed by atoms with Gasteiger partial charge in [0.25, 0.3) is 0 Å². The van der Waals surface area contributed by atoms with Gasteiger partial charge in [-0.1, -0.05) is 37.6 Å². The number of hydrogen-bond donors (Lipinski definition) is 1. The minimum atomic E-state index is -0.189. The van der Waals surface area contributed by atoms with Crippen molar-refractivity contribution in [2.24, 2.45) is 22.7 Å². The molecule has 0 aromatic heterocycles. The molecule has 1 fully saturated rings. The Morgan fingerprint density at radius 3 is 2.65 bits per heavy atom. The van der Waals surface area contributed by atoms with E-state index in [0.717, 1.165) is 18.3 Å². The predicted octanol–water partition coefficient (Wildman–Crippen LogP) is 3.70. The van der Waals surface area contributed by atoms with Crippen molar-refractivity contribution in [2.75, 3.05) is 0 Å². The van der Waals surface area contributed by atoms with Gasteiger partial charge in [-0.15, -0.1) is 0 Å². The first-order valence-electron chi connectivity index (χ1n) is 6.99. The summed E-state index contributed by atoms with van der Waals surface area (Å²) in [5, 5.41) is 9.60. The van der Waals surface area contributed by atoms with Crippen molar-refractivity contribution in [2.45, 2.75) is 52.6 Å². The first-order chi connectivity index (χ1) is 7.93. The van der Waals surface area contributed by atoms with Gasteiger partial charge in [0, 0.05) is 0 Å². The lowest BCUT2D eigenvalue weighted by Gasteiger charge is -2.34. The highest BCUT2D eigenvalue weighted by atomic mass is 16.3. The maximum absolute atomic E-state index is 9.60. The van der Waals surface area contributed by atoms with Gasteiger partial charge in [-0.3, -0.25) is 0 Å². The average molecular weight is 232 g/mol. The predicted molar refractivity (Wildman–Crippen MR) is 70.6 cm³/mol. The number of hydrogen-bond acceptors (Lipinski definition) is 1. The lowest BCUT2D eigenvalue weighted by molar-refractivity contribution is 0.163. The largest absolute Gasteiger partial charge is 0.389 e. The van der Waals surface area contributed by atoms with Crippen molar-refractivity contribution in [3.8, 4) is 0 Å². The summed E-state index contributed by atoms with van der Waals surface area (Å²) in [6.45, 7) is 7.11. The van der Waals surface area contributed by atoms with Crippen molar-refractivity contribution >= 4 is 0 Å². The Morgan fingerprint density at radius 1 is 1.29 bits per heavy atom. The Hall–Kier alpha value is -0.560. The number of fused-ring (bicyclic) bond motifs is 1. The molecule has 1 N–H and O–H groups in total. The SMILES string of the molecule is CC1=C[C@H]2C[C@@]3(C=CC(O)CC3)C[C@H]2C1(C)C. The first kappa shape index (κ1) is 11.5. The van der Waals surface area contributed by atoms with Gasteiger partial charge in [-0.25, -0.2) is 0 Å². The van der Waals surface area contributed by atoms with Crippen molar-refractivity contribution in [3.05, 3.63) is 23.8 Å². The Kier molecular flexibility index (Phi) is 2.36. The number of aliphatic hydroxyl groups excluding tert-OH is 1. The maximum atomic E-state index is 9.60. The molecule has 0 bridgehead atoms. The number of allylic oxidation sites excluding steroid dienone is 3. The van der Waals surface area contributed by atoms with E-state index in [0.29, 0.717) is 10.8 Å². The normalized spacial score (nSPS) is 47.3. The van der Waals surface area contributed by atoms with Gasteiger partial charge in [0.15, 0.2) is 0 Å². The summed E-state index contributed by atoms with van der Waals surface area (Å²) in [5.41, 5.74) is 2.38. The molecule has 0 heterocycles. The van der Waals surface area contributed by atoms with E-state index in [1.807, 2.05) is 6.08 Å². The van der Waals surface area contributed by atoms with Crippen molar-refractivity contribution < 1.29 is 5.11 Å². The van der Waals surface area contributed by atoms with E-state index in [1.54, 1.807) is 5.57 Å². The molecule has 3 rings (SSSR count). The van der Waals surface area contributed by atoms with Crippen LogP contribution in [0.4, 0.5) is 0 Å². The van der Waals surface area contributed by atoms with Crippen LogP contribution in [0.1, 0.15) is 46.5 Å². The zero-order chi connectivity index (χ0) is 12.3. The molecule has 0 saturated heterocycles. The van der Waals surface area contributed by atoms with Gasteiger partial charge in [-0.2, -0.15) is 0 Å². The minimum Gasteiger partial charge on any atom is -0.389 e. The van der Waals surface area contributed by atoms with Crippen LogP contribution in [0, 0.1) is 22.7 Å². The van der Waals surface area contributed by atoms with Crippen LogP contribution in [-0.4, -0.2) is 11.2 Å². The van der Waals surface area contributed by atoms with Gasteiger partial charge < -0.3 is 5.11 Å². The monoisotopic (exact) mass is 232 g/mol. The van der Waals surface area contributed by atoms with Crippen LogP contribution in [0.15, 0.2) is 23.8 Å². The Labute approximate surface area is 105 Å². The van der Waals surface area contributed by atoms with Crippen molar-refractivity contribution in [3.63, 3.8) is 0 Å². The molecule has 3 aliphatic rings. The van der Waals surface area contributed by atoms with E-state index in [-0.39, 0.29) is 6.10 Å². The molecule has 1 saturated carbocycles. The maximum Gasteiger partial charge on any atom is 0.0721 e. The Bertz CT molecular complexity index is 390. The van der Waals surface area contributed by atoms with E-state index in [9.17, 15) is 5.11 Å². The van der Waals surface area contributed by atoms with E-state index >= 15 is 0 Å². The second-order valence-corrected chi connectivity index (χ2v) is 7.08. The van der Waals surface area contributed by atoms with Gasteiger partial charge in [0.05, 0.1) is 6.10 Å². The van der Waals surface area contributed by atoms with Crippen molar-refractivity contribution in [1.82, 2.24) is 0 Å². The van der Waals surface area contributed by atoms with E-state index in [1.165, 1.54) is 19.3 Å². The van der Waals surface area contributed by atoms with Crippen LogP contribution >= 0.6 is 0 Å². The second-order valence-electron chi connectivity index (χ2n) is 7.08. The van der Waals surface area contributed by atoms with Crippen LogP contribution in [0.25, 0.3) is 0 Å². The van der Waals surface area contributed by atoms with Gasteiger partial charge >= 0.3 is 0 Å². The highest BCUT2D eigenvalue weighted by Gasteiger charge is 2.52. The highest BCUT2D eigenvalue weighted by molar-refractivity contribution is 5.27. The van der Waals surface area contributed by atoms with Gasteiger partial charge in [0.1, 0.15) is 0 Å². The smallest absolute Gasteiger partial charge is 0.0721 e. The van der Waals surface area contributed by atoms with Gasteiger partial charge in [0.2, 0.25) is 0 Å². The highest BCUT2D eigenvalue weighted by Crippen LogP contribution is 2.61. The van der Waals surface area contributed by atoms with Gasteiger partial charge in [-0.05, 0) is 55.3 Å². The molecule has 0 radical (unpaired) electrons. The van der Waals surface area contributed by atoms with Crippen LogP contribution in [0.5, 0.6) is 0 Å². The fraction of sp³-hybridized carbons (Fsp3) is 0.750. The summed E-state index contributed by atoms with van der Waals surface area (Å²) >= 11 is 0. The first-order valence-corrected chi connectivity index (χ1v) is 6.99. The van der Waals surface area contributed by atoms with E-state index in [2.05, 4.69) is 32.9 Å². The molecule has 94 valence electrons. The summed E-state index contributed by atoms with van der Waals surface area (Å²) in [5.74, 6) is 1.60. The van der Waals surface area contributed by atoms with E-state index < -0.39 is 0 Å². The number of rotatable bonds is 0. The average Bonchev–Trinajstić information content (AvgIpc) is 2.71. The molecule has 1 spiro atoms. The third kappa shape index (κ3) is 1.62. The molecule has 0 amide bonds. The summed E-state index contributed by atoms with van der Waals surface area (Å²) in [4.78, 5) is 0.